The van der Waals surface area contributed by atoms with Crippen molar-refractivity contribution >= 4 is 0 Å². The van der Waals surface area contributed by atoms with Gasteiger partial charge in [0.15, 0.2) is 0 Å². The van der Waals surface area contributed by atoms with Gasteiger partial charge in [-0.3, -0.25) is 0 Å². The van der Waals surface area contributed by atoms with Crippen LogP contribution in [0, 0.1) is 5.41 Å². The second-order valence-electron chi connectivity index (χ2n) is 5.66. The molecule has 3 heteroatoms. The van der Waals surface area contributed by atoms with E-state index in [2.05, 4.69) is 33.0 Å². The summed E-state index contributed by atoms with van der Waals surface area (Å²) in [5.41, 5.74) is 0.311. The molecule has 0 radical (unpaired) electrons. The van der Waals surface area contributed by atoms with E-state index in [0.29, 0.717) is 0 Å². The molecule has 0 saturated carbocycles. The number of nitrogens with one attached hydrogen (secondary N) is 1. The molecule has 90 valence electrons. The van der Waals surface area contributed by atoms with Gasteiger partial charge < -0.3 is 14.8 Å². The predicted molar refractivity (Wildman–Crippen MR) is 62.1 cm³/mol. The van der Waals surface area contributed by atoms with E-state index in [1.807, 2.05) is 0 Å². The van der Waals surface area contributed by atoms with Gasteiger partial charge in [0, 0.05) is 31.2 Å². The summed E-state index contributed by atoms with van der Waals surface area (Å²) in [6.07, 6.45) is 1.37. The Hall–Kier alpha value is -0.120. The quantitative estimate of drug-likeness (QED) is 0.776. The molecule has 1 saturated heterocycles. The number of ether oxygens (including phenoxy) is 2. The van der Waals surface area contributed by atoms with Crippen molar-refractivity contribution in [2.45, 2.75) is 45.8 Å². The molecule has 2 atom stereocenters. The Morgan fingerprint density at radius 2 is 2.13 bits per heavy atom. The molecule has 1 aliphatic heterocycles. The summed E-state index contributed by atoms with van der Waals surface area (Å²) in [4.78, 5) is 0. The Morgan fingerprint density at radius 1 is 1.47 bits per heavy atom. The van der Waals surface area contributed by atoms with E-state index in [0.717, 1.165) is 26.2 Å². The monoisotopic (exact) mass is 215 g/mol. The van der Waals surface area contributed by atoms with Gasteiger partial charge in [0.1, 0.15) is 0 Å². The van der Waals surface area contributed by atoms with E-state index < -0.39 is 0 Å². The highest BCUT2D eigenvalue weighted by atomic mass is 16.5. The summed E-state index contributed by atoms with van der Waals surface area (Å²) in [6, 6.07) is 0. The SMILES string of the molecule is COCC1(CNC(C)(C)C)CCOC1C. The highest BCUT2D eigenvalue weighted by molar-refractivity contribution is 4.93. The minimum Gasteiger partial charge on any atom is -0.384 e. The molecule has 0 bridgehead atoms. The third-order valence-electron chi connectivity index (χ3n) is 3.23. The molecule has 15 heavy (non-hydrogen) atoms. The van der Waals surface area contributed by atoms with Crippen molar-refractivity contribution in [2.24, 2.45) is 5.41 Å². The zero-order chi connectivity index (χ0) is 11.5. The van der Waals surface area contributed by atoms with Crippen LogP contribution in [-0.2, 0) is 9.47 Å². The zero-order valence-corrected chi connectivity index (χ0v) is 10.7. The zero-order valence-electron chi connectivity index (χ0n) is 10.7. The molecule has 0 amide bonds. The van der Waals surface area contributed by atoms with Crippen molar-refractivity contribution in [1.29, 1.82) is 0 Å². The van der Waals surface area contributed by atoms with Crippen LogP contribution in [0.25, 0.3) is 0 Å². The lowest BCUT2D eigenvalue weighted by Crippen LogP contribution is -2.48. The molecule has 0 aromatic heterocycles. The maximum absolute atomic E-state index is 5.67. The van der Waals surface area contributed by atoms with Gasteiger partial charge in [-0.15, -0.1) is 0 Å². The maximum Gasteiger partial charge on any atom is 0.0638 e. The van der Waals surface area contributed by atoms with Crippen molar-refractivity contribution in [3.63, 3.8) is 0 Å². The third kappa shape index (κ3) is 3.44. The normalized spacial score (nSPS) is 32.2. The molecule has 0 spiro atoms. The molecule has 1 rings (SSSR count). The fourth-order valence-corrected chi connectivity index (χ4v) is 2.02. The van der Waals surface area contributed by atoms with Gasteiger partial charge >= 0.3 is 0 Å². The summed E-state index contributed by atoms with van der Waals surface area (Å²) in [5, 5.41) is 3.56. The van der Waals surface area contributed by atoms with Crippen LogP contribution < -0.4 is 5.32 Å². The number of hydrogen-bond acceptors (Lipinski definition) is 3. The molecular weight excluding hydrogens is 190 g/mol. The Bertz CT molecular complexity index is 200. The standard InChI is InChI=1S/C12H25NO2/c1-10-12(9-14-5,6-7-15-10)8-13-11(2,3)4/h10,13H,6-9H2,1-5H3. The van der Waals surface area contributed by atoms with Gasteiger partial charge in [0.2, 0.25) is 0 Å². The fourth-order valence-electron chi connectivity index (χ4n) is 2.02. The van der Waals surface area contributed by atoms with Gasteiger partial charge in [-0.25, -0.2) is 0 Å². The van der Waals surface area contributed by atoms with Crippen molar-refractivity contribution in [1.82, 2.24) is 5.32 Å². The Kier molecular flexibility index (Phi) is 4.15. The van der Waals surface area contributed by atoms with Crippen LogP contribution in [0.2, 0.25) is 0 Å². The van der Waals surface area contributed by atoms with Gasteiger partial charge in [0.25, 0.3) is 0 Å². The van der Waals surface area contributed by atoms with Gasteiger partial charge in [-0.2, -0.15) is 0 Å². The first kappa shape index (κ1) is 12.9. The Balaban J connectivity index is 2.58. The van der Waals surface area contributed by atoms with E-state index in [4.69, 9.17) is 9.47 Å². The summed E-state index contributed by atoms with van der Waals surface area (Å²) in [5.74, 6) is 0. The number of rotatable bonds is 4. The molecule has 3 nitrogen and oxygen atoms in total. The number of methoxy groups -OCH3 is 1. The minimum atomic E-state index is 0.155. The second-order valence-corrected chi connectivity index (χ2v) is 5.66. The molecule has 1 aliphatic rings. The van der Waals surface area contributed by atoms with Crippen LogP contribution >= 0.6 is 0 Å². The van der Waals surface area contributed by atoms with E-state index in [1.54, 1.807) is 7.11 Å². The summed E-state index contributed by atoms with van der Waals surface area (Å²) >= 11 is 0. The average Bonchev–Trinajstić information content (AvgIpc) is 2.45. The predicted octanol–water partition coefficient (Wildman–Crippen LogP) is 1.82. The van der Waals surface area contributed by atoms with Crippen LogP contribution in [-0.4, -0.2) is 38.5 Å². The van der Waals surface area contributed by atoms with Crippen LogP contribution in [0.1, 0.15) is 34.1 Å². The molecular formula is C12H25NO2. The molecule has 0 aliphatic carbocycles. The highest BCUT2D eigenvalue weighted by Crippen LogP contribution is 2.35. The van der Waals surface area contributed by atoms with E-state index in [9.17, 15) is 0 Å². The van der Waals surface area contributed by atoms with Crippen molar-refractivity contribution in [2.75, 3.05) is 26.9 Å². The summed E-state index contributed by atoms with van der Waals surface area (Å²) in [6.45, 7) is 11.3. The van der Waals surface area contributed by atoms with E-state index in [1.165, 1.54) is 0 Å². The van der Waals surface area contributed by atoms with Gasteiger partial charge in [-0.05, 0) is 34.1 Å². The van der Waals surface area contributed by atoms with E-state index >= 15 is 0 Å². The van der Waals surface area contributed by atoms with Crippen LogP contribution in [0.15, 0.2) is 0 Å². The summed E-state index contributed by atoms with van der Waals surface area (Å²) < 4.78 is 11.0. The van der Waals surface area contributed by atoms with Crippen molar-refractivity contribution in [3.05, 3.63) is 0 Å². The molecule has 1 heterocycles. The third-order valence-corrected chi connectivity index (χ3v) is 3.23. The van der Waals surface area contributed by atoms with Crippen LogP contribution in [0.3, 0.4) is 0 Å². The smallest absolute Gasteiger partial charge is 0.0638 e. The lowest BCUT2D eigenvalue weighted by atomic mass is 9.81. The first-order valence-corrected chi connectivity index (χ1v) is 5.75. The molecule has 2 unspecified atom stereocenters. The fraction of sp³-hybridized carbons (Fsp3) is 1.00. The van der Waals surface area contributed by atoms with Crippen LogP contribution in [0.4, 0.5) is 0 Å². The molecule has 0 aromatic rings. The van der Waals surface area contributed by atoms with Gasteiger partial charge in [-0.1, -0.05) is 0 Å². The minimum absolute atomic E-state index is 0.155. The summed E-state index contributed by atoms with van der Waals surface area (Å²) in [7, 11) is 1.77. The molecule has 1 N–H and O–H groups in total. The maximum atomic E-state index is 5.67. The first-order chi connectivity index (χ1) is 6.90. The topological polar surface area (TPSA) is 30.5 Å². The second kappa shape index (κ2) is 4.81. The van der Waals surface area contributed by atoms with Gasteiger partial charge in [0.05, 0.1) is 12.7 Å². The van der Waals surface area contributed by atoms with Crippen molar-refractivity contribution in [3.8, 4) is 0 Å². The average molecular weight is 215 g/mol. The van der Waals surface area contributed by atoms with Crippen LogP contribution in [0.5, 0.6) is 0 Å². The first-order valence-electron chi connectivity index (χ1n) is 5.75. The lowest BCUT2D eigenvalue weighted by Gasteiger charge is -2.35. The highest BCUT2D eigenvalue weighted by Gasteiger charge is 2.41. The van der Waals surface area contributed by atoms with E-state index in [-0.39, 0.29) is 17.1 Å². The molecule has 0 aromatic carbocycles. The largest absolute Gasteiger partial charge is 0.384 e. The Morgan fingerprint density at radius 3 is 2.53 bits per heavy atom. The van der Waals surface area contributed by atoms with Crippen molar-refractivity contribution < 1.29 is 9.47 Å². The lowest BCUT2D eigenvalue weighted by molar-refractivity contribution is 0.00780. The number of hydrogen-bond donors (Lipinski definition) is 1. The Labute approximate surface area is 93.5 Å². The molecule has 1 fully saturated rings.